The van der Waals surface area contributed by atoms with Crippen LogP contribution in [-0.4, -0.2) is 20.4 Å². The number of fused-ring (bicyclic) bond motifs is 1. The normalized spacial score (nSPS) is 9.53. The first-order chi connectivity index (χ1) is 7.33. The fourth-order valence-electron chi connectivity index (χ4n) is 1.21. The highest BCUT2D eigenvalue weighted by molar-refractivity contribution is 6.00. The van der Waals surface area contributed by atoms with Gasteiger partial charge in [0.05, 0.1) is 11.8 Å². The van der Waals surface area contributed by atoms with Crippen LogP contribution in [0.1, 0.15) is 37.6 Å². The number of carbonyl (C=O) groups excluding carboxylic acids is 1. The molecule has 4 heteroatoms. The van der Waals surface area contributed by atoms with Crippen molar-refractivity contribution in [3.05, 3.63) is 30.2 Å². The molecule has 0 saturated heterocycles. The number of Topliss-reactive ketones (excluding diaryl/α,β-unsaturated/α-hetero) is 1. The van der Waals surface area contributed by atoms with Gasteiger partial charge < -0.3 is 0 Å². The average Bonchev–Trinajstić information content (AvgIpc) is 2.74. The largest absolute Gasteiger partial charge is 0.294 e. The Hall–Kier alpha value is -1.71. The molecule has 0 fully saturated rings. The second-order valence-electron chi connectivity index (χ2n) is 2.72. The van der Waals surface area contributed by atoms with Gasteiger partial charge in [-0.1, -0.05) is 20.8 Å². The first-order valence-corrected chi connectivity index (χ1v) is 5.14. The van der Waals surface area contributed by atoms with Gasteiger partial charge in [0.15, 0.2) is 11.4 Å². The van der Waals surface area contributed by atoms with Gasteiger partial charge in [0.25, 0.3) is 0 Å². The maximum atomic E-state index is 11.4. The molecule has 0 aliphatic heterocycles. The SMILES string of the molecule is CC.CCC(=O)c1cnn2cccnc12. The Morgan fingerprint density at radius 3 is 2.87 bits per heavy atom. The molecule has 2 aromatic rings. The van der Waals surface area contributed by atoms with E-state index in [1.54, 1.807) is 29.2 Å². The van der Waals surface area contributed by atoms with Crippen LogP contribution in [0.4, 0.5) is 0 Å². The van der Waals surface area contributed by atoms with E-state index in [0.717, 1.165) is 0 Å². The van der Waals surface area contributed by atoms with Crippen LogP contribution in [0, 0.1) is 0 Å². The van der Waals surface area contributed by atoms with Gasteiger partial charge in [0.2, 0.25) is 0 Å². The number of aromatic nitrogens is 3. The highest BCUT2D eigenvalue weighted by Crippen LogP contribution is 2.08. The van der Waals surface area contributed by atoms with Crippen LogP contribution < -0.4 is 0 Å². The van der Waals surface area contributed by atoms with Gasteiger partial charge in [-0.2, -0.15) is 5.10 Å². The molecule has 0 N–H and O–H groups in total. The number of ketones is 1. The molecule has 2 aromatic heterocycles. The molecule has 0 aliphatic rings. The van der Waals surface area contributed by atoms with Crippen molar-refractivity contribution in [2.24, 2.45) is 0 Å². The molecule has 0 amide bonds. The summed E-state index contributed by atoms with van der Waals surface area (Å²) in [4.78, 5) is 15.5. The van der Waals surface area contributed by atoms with Crippen molar-refractivity contribution in [3.63, 3.8) is 0 Å². The van der Waals surface area contributed by atoms with Crippen molar-refractivity contribution in [1.29, 1.82) is 0 Å². The smallest absolute Gasteiger partial charge is 0.168 e. The van der Waals surface area contributed by atoms with Crippen LogP contribution in [-0.2, 0) is 0 Å². The van der Waals surface area contributed by atoms with Crippen LogP contribution in [0.3, 0.4) is 0 Å². The summed E-state index contributed by atoms with van der Waals surface area (Å²) >= 11 is 0. The van der Waals surface area contributed by atoms with Gasteiger partial charge in [-0.25, -0.2) is 9.50 Å². The standard InChI is InChI=1S/C9H9N3O.C2H6/c1-2-8(13)7-6-11-12-5-3-4-10-9(7)12;1-2/h3-6H,2H2,1H3;1-2H3. The quantitative estimate of drug-likeness (QED) is 0.707. The predicted octanol–water partition coefficient (Wildman–Crippen LogP) is 2.35. The minimum Gasteiger partial charge on any atom is -0.294 e. The summed E-state index contributed by atoms with van der Waals surface area (Å²) in [6.45, 7) is 5.83. The number of hydrogen-bond acceptors (Lipinski definition) is 3. The Morgan fingerprint density at radius 1 is 1.47 bits per heavy atom. The zero-order chi connectivity index (χ0) is 11.3. The van der Waals surface area contributed by atoms with E-state index in [0.29, 0.717) is 17.6 Å². The summed E-state index contributed by atoms with van der Waals surface area (Å²) in [5, 5.41) is 4.02. The number of hydrogen-bond donors (Lipinski definition) is 0. The molecule has 0 atom stereocenters. The second-order valence-corrected chi connectivity index (χ2v) is 2.72. The summed E-state index contributed by atoms with van der Waals surface area (Å²) in [5.41, 5.74) is 1.23. The molecule has 0 spiro atoms. The fourth-order valence-corrected chi connectivity index (χ4v) is 1.21. The van der Waals surface area contributed by atoms with Crippen molar-refractivity contribution < 1.29 is 4.79 Å². The van der Waals surface area contributed by atoms with Crippen molar-refractivity contribution in [3.8, 4) is 0 Å². The van der Waals surface area contributed by atoms with Crippen molar-refractivity contribution in [1.82, 2.24) is 14.6 Å². The minimum absolute atomic E-state index is 0.0775. The number of rotatable bonds is 2. The summed E-state index contributed by atoms with van der Waals surface area (Å²) in [6.07, 6.45) is 5.48. The number of carbonyl (C=O) groups is 1. The molecule has 2 rings (SSSR count). The Balaban J connectivity index is 0.000000531. The fraction of sp³-hybridized carbons (Fsp3) is 0.364. The van der Waals surface area contributed by atoms with Crippen LogP contribution in [0.5, 0.6) is 0 Å². The zero-order valence-electron chi connectivity index (χ0n) is 9.27. The van der Waals surface area contributed by atoms with Gasteiger partial charge in [-0.3, -0.25) is 4.79 Å². The lowest BCUT2D eigenvalue weighted by Gasteiger charge is -1.93. The molecule has 0 bridgehead atoms. The van der Waals surface area contributed by atoms with Crippen molar-refractivity contribution >= 4 is 11.4 Å². The molecular formula is C11H15N3O. The molecule has 0 aliphatic carbocycles. The molecule has 80 valence electrons. The molecule has 4 nitrogen and oxygen atoms in total. The molecule has 0 aromatic carbocycles. The lowest BCUT2D eigenvalue weighted by molar-refractivity contribution is 0.0989. The Morgan fingerprint density at radius 2 is 2.20 bits per heavy atom. The molecular weight excluding hydrogens is 190 g/mol. The van der Waals surface area contributed by atoms with Crippen molar-refractivity contribution in [2.45, 2.75) is 27.2 Å². The maximum Gasteiger partial charge on any atom is 0.168 e. The van der Waals surface area contributed by atoms with E-state index >= 15 is 0 Å². The highest BCUT2D eigenvalue weighted by atomic mass is 16.1. The third kappa shape index (κ3) is 2.21. The maximum absolute atomic E-state index is 11.4. The molecule has 0 radical (unpaired) electrons. The average molecular weight is 205 g/mol. The molecule has 0 saturated carbocycles. The third-order valence-corrected chi connectivity index (χ3v) is 1.90. The predicted molar refractivity (Wildman–Crippen MR) is 59.0 cm³/mol. The van der Waals surface area contributed by atoms with Gasteiger partial charge in [-0.05, 0) is 6.07 Å². The summed E-state index contributed by atoms with van der Waals surface area (Å²) in [6, 6.07) is 1.78. The van der Waals surface area contributed by atoms with Gasteiger partial charge in [0.1, 0.15) is 0 Å². The van der Waals surface area contributed by atoms with Gasteiger partial charge >= 0.3 is 0 Å². The van der Waals surface area contributed by atoms with E-state index in [4.69, 9.17) is 0 Å². The van der Waals surface area contributed by atoms with E-state index in [1.165, 1.54) is 0 Å². The lowest BCUT2D eigenvalue weighted by Crippen LogP contribution is -1.97. The van der Waals surface area contributed by atoms with E-state index in [2.05, 4.69) is 10.1 Å². The zero-order valence-corrected chi connectivity index (χ0v) is 9.27. The molecule has 2 heterocycles. The first kappa shape index (κ1) is 11.4. The highest BCUT2D eigenvalue weighted by Gasteiger charge is 2.10. The van der Waals surface area contributed by atoms with Gasteiger partial charge in [-0.15, -0.1) is 0 Å². The molecule has 0 unspecified atom stereocenters. The minimum atomic E-state index is 0.0775. The van der Waals surface area contributed by atoms with Crippen LogP contribution >= 0.6 is 0 Å². The monoisotopic (exact) mass is 205 g/mol. The summed E-state index contributed by atoms with van der Waals surface area (Å²) in [5.74, 6) is 0.0775. The second kappa shape index (κ2) is 5.24. The Kier molecular flexibility index (Phi) is 3.97. The van der Waals surface area contributed by atoms with Crippen LogP contribution in [0.25, 0.3) is 5.65 Å². The number of nitrogens with zero attached hydrogens (tertiary/aromatic N) is 3. The van der Waals surface area contributed by atoms with E-state index in [-0.39, 0.29) is 5.78 Å². The first-order valence-electron chi connectivity index (χ1n) is 5.14. The van der Waals surface area contributed by atoms with E-state index in [9.17, 15) is 4.79 Å². The third-order valence-electron chi connectivity index (χ3n) is 1.90. The van der Waals surface area contributed by atoms with E-state index in [1.807, 2.05) is 20.8 Å². The lowest BCUT2D eigenvalue weighted by atomic mass is 10.2. The summed E-state index contributed by atoms with van der Waals surface area (Å²) in [7, 11) is 0. The van der Waals surface area contributed by atoms with E-state index < -0.39 is 0 Å². The Bertz CT molecular complexity index is 448. The van der Waals surface area contributed by atoms with Crippen molar-refractivity contribution in [2.75, 3.05) is 0 Å². The van der Waals surface area contributed by atoms with Gasteiger partial charge in [0, 0.05) is 18.8 Å². The summed E-state index contributed by atoms with van der Waals surface area (Å²) < 4.78 is 1.60. The topological polar surface area (TPSA) is 47.3 Å². The molecule has 15 heavy (non-hydrogen) atoms. The van der Waals surface area contributed by atoms with Crippen LogP contribution in [0.15, 0.2) is 24.7 Å². The Labute approximate surface area is 88.9 Å². The van der Waals surface area contributed by atoms with Crippen LogP contribution in [0.2, 0.25) is 0 Å².